The Hall–Kier alpha value is -4.01. The number of carboxylic acid groups (broad SMARTS) is 1. The van der Waals surface area contributed by atoms with Gasteiger partial charge < -0.3 is 19.9 Å². The van der Waals surface area contributed by atoms with E-state index >= 15 is 0 Å². The van der Waals surface area contributed by atoms with Gasteiger partial charge in [-0.15, -0.1) is 11.3 Å². The maximum absolute atomic E-state index is 13.7. The van der Waals surface area contributed by atoms with Crippen LogP contribution in [0.3, 0.4) is 0 Å². The fourth-order valence-corrected chi connectivity index (χ4v) is 7.73. The summed E-state index contributed by atoms with van der Waals surface area (Å²) in [5.41, 5.74) is 9.19. The maximum Gasteiger partial charge on any atom is 0.345 e. The van der Waals surface area contributed by atoms with Gasteiger partial charge in [0.25, 0.3) is 0 Å². The number of aryl methyl sites for hydroxylation is 2. The highest BCUT2D eigenvalue weighted by atomic mass is 32.1. The summed E-state index contributed by atoms with van der Waals surface area (Å²) in [6, 6.07) is 12.3. The SMILES string of the molecule is C=C(/C=C\c1cc(-c2c(C3CCCCC3)c3sc(C(=O)O)cc3n2CC(=O)N2CCNCC2)ccc1C)c1cc(C)ccn1. The number of benzene rings is 1. The van der Waals surface area contributed by atoms with E-state index in [1.54, 1.807) is 12.3 Å². The number of allylic oxidation sites excluding steroid dienone is 2. The lowest BCUT2D eigenvalue weighted by Crippen LogP contribution is -2.47. The lowest BCUT2D eigenvalue weighted by molar-refractivity contribution is -0.132. The van der Waals surface area contributed by atoms with Crippen molar-refractivity contribution in [2.24, 2.45) is 0 Å². The predicted molar refractivity (Wildman–Crippen MR) is 179 cm³/mol. The average molecular weight is 609 g/mol. The van der Waals surface area contributed by atoms with Crippen LogP contribution in [0.4, 0.5) is 0 Å². The second-order valence-corrected chi connectivity index (χ2v) is 13.1. The first-order chi connectivity index (χ1) is 21.3. The zero-order chi connectivity index (χ0) is 30.8. The molecule has 3 aromatic heterocycles. The fraction of sp³-hybridized carbons (Fsp3) is 0.361. The number of carbonyl (C=O) groups excluding carboxylic acids is 1. The van der Waals surface area contributed by atoms with Gasteiger partial charge in [-0.05, 0) is 90.3 Å². The number of piperazine rings is 1. The van der Waals surface area contributed by atoms with E-state index in [9.17, 15) is 14.7 Å². The van der Waals surface area contributed by atoms with Gasteiger partial charge in [0.2, 0.25) is 5.91 Å². The number of amides is 1. The Balaban J connectivity index is 1.48. The normalized spacial score (nSPS) is 16.2. The number of carbonyl (C=O) groups is 2. The van der Waals surface area contributed by atoms with Gasteiger partial charge in [0.1, 0.15) is 11.4 Å². The third kappa shape index (κ3) is 6.14. The molecule has 2 N–H and O–H groups in total. The number of fused-ring (bicyclic) bond motifs is 1. The summed E-state index contributed by atoms with van der Waals surface area (Å²) in [6.45, 7) is 11.5. The zero-order valence-corrected chi connectivity index (χ0v) is 26.4. The Morgan fingerprint density at radius 2 is 1.86 bits per heavy atom. The van der Waals surface area contributed by atoms with E-state index in [2.05, 4.69) is 52.6 Å². The van der Waals surface area contributed by atoms with Crippen molar-refractivity contribution < 1.29 is 14.7 Å². The second kappa shape index (κ2) is 12.9. The number of nitrogens with one attached hydrogen (secondary N) is 1. The Kier molecular flexibility index (Phi) is 8.82. The summed E-state index contributed by atoms with van der Waals surface area (Å²) in [6.07, 6.45) is 11.6. The standard InChI is InChI=1S/C36H40N4O3S/c1-23-13-14-38-29(19-23)25(3)10-11-27-20-28(12-9-24(27)2)34-33(26-7-5-4-6-8-26)35-30(21-31(44-35)36(42)43)40(34)22-32(41)39-17-15-37-16-18-39/h9-14,19-21,26,37H,3-8,15-18,22H2,1-2H3,(H,42,43)/b11-10-. The van der Waals surface area contributed by atoms with E-state index in [4.69, 9.17) is 0 Å². The molecule has 0 unspecified atom stereocenters. The van der Waals surface area contributed by atoms with Gasteiger partial charge in [-0.25, -0.2) is 4.79 Å². The molecule has 4 aromatic rings. The molecule has 1 amide bonds. The summed E-state index contributed by atoms with van der Waals surface area (Å²) in [7, 11) is 0. The molecule has 4 heterocycles. The van der Waals surface area contributed by atoms with Crippen LogP contribution in [0, 0.1) is 13.8 Å². The summed E-state index contributed by atoms with van der Waals surface area (Å²) in [5.74, 6) is -0.532. The highest BCUT2D eigenvalue weighted by Crippen LogP contribution is 2.47. The topological polar surface area (TPSA) is 87.5 Å². The summed E-state index contributed by atoms with van der Waals surface area (Å²) < 4.78 is 3.12. The van der Waals surface area contributed by atoms with Crippen molar-refractivity contribution in [2.75, 3.05) is 26.2 Å². The molecule has 7 nitrogen and oxygen atoms in total. The molecule has 0 bridgehead atoms. The van der Waals surface area contributed by atoms with Crippen LogP contribution in [0.1, 0.15) is 75.6 Å². The first-order valence-corrected chi connectivity index (χ1v) is 16.4. The van der Waals surface area contributed by atoms with Gasteiger partial charge in [0, 0.05) is 32.4 Å². The summed E-state index contributed by atoms with van der Waals surface area (Å²) in [4.78, 5) is 32.6. The minimum atomic E-state index is -0.923. The molecule has 0 atom stereocenters. The number of aromatic carboxylic acids is 1. The molecule has 6 rings (SSSR count). The molecule has 1 aliphatic carbocycles. The summed E-state index contributed by atoms with van der Waals surface area (Å²) >= 11 is 1.35. The van der Waals surface area contributed by atoms with Gasteiger partial charge >= 0.3 is 5.97 Å². The second-order valence-electron chi connectivity index (χ2n) is 12.1. The van der Waals surface area contributed by atoms with Crippen molar-refractivity contribution in [2.45, 2.75) is 58.4 Å². The molecule has 8 heteroatoms. The maximum atomic E-state index is 13.7. The predicted octanol–water partition coefficient (Wildman–Crippen LogP) is 7.29. The Morgan fingerprint density at radius 3 is 2.59 bits per heavy atom. The molecule has 0 radical (unpaired) electrons. The van der Waals surface area contributed by atoms with E-state index in [0.717, 1.165) is 88.2 Å². The molecule has 44 heavy (non-hydrogen) atoms. The molecular weight excluding hydrogens is 568 g/mol. The largest absolute Gasteiger partial charge is 0.477 e. The molecule has 1 saturated heterocycles. The number of nitrogens with zero attached hydrogens (tertiary/aromatic N) is 3. The molecule has 2 aliphatic rings. The van der Waals surface area contributed by atoms with Crippen molar-refractivity contribution in [1.29, 1.82) is 0 Å². The van der Waals surface area contributed by atoms with E-state index in [1.165, 1.54) is 23.3 Å². The third-order valence-electron chi connectivity index (χ3n) is 9.02. The minimum Gasteiger partial charge on any atom is -0.477 e. The van der Waals surface area contributed by atoms with Crippen molar-refractivity contribution in [3.8, 4) is 11.3 Å². The third-order valence-corrected chi connectivity index (χ3v) is 10.2. The minimum absolute atomic E-state index is 0.0668. The Morgan fingerprint density at radius 1 is 1.09 bits per heavy atom. The van der Waals surface area contributed by atoms with Crippen molar-refractivity contribution in [3.63, 3.8) is 0 Å². The van der Waals surface area contributed by atoms with Crippen molar-refractivity contribution >= 4 is 45.1 Å². The number of hydrogen-bond donors (Lipinski definition) is 2. The van der Waals surface area contributed by atoms with Crippen LogP contribution in [-0.2, 0) is 11.3 Å². The van der Waals surface area contributed by atoms with Gasteiger partial charge in [-0.3, -0.25) is 9.78 Å². The van der Waals surface area contributed by atoms with Crippen molar-refractivity contribution in [3.05, 3.63) is 88.1 Å². The molecule has 1 aromatic carbocycles. The number of pyridine rings is 1. The fourth-order valence-electron chi connectivity index (χ4n) is 6.60. The summed E-state index contributed by atoms with van der Waals surface area (Å²) in [5, 5.41) is 13.3. The molecular formula is C36H40N4O3S. The first kappa shape index (κ1) is 30.0. The molecule has 1 aliphatic heterocycles. The van der Waals surface area contributed by atoms with Crippen molar-refractivity contribution in [1.82, 2.24) is 19.8 Å². The lowest BCUT2D eigenvalue weighted by atomic mass is 9.83. The van der Waals surface area contributed by atoms with E-state index in [1.807, 2.05) is 30.0 Å². The molecule has 0 spiro atoms. The van der Waals surface area contributed by atoms with Crippen LogP contribution >= 0.6 is 11.3 Å². The number of rotatable bonds is 8. The number of hydrogen-bond acceptors (Lipinski definition) is 5. The van der Waals surface area contributed by atoms with E-state index < -0.39 is 5.97 Å². The lowest BCUT2D eigenvalue weighted by Gasteiger charge is -2.28. The number of thiophene rings is 1. The van der Waals surface area contributed by atoms with Crippen LogP contribution in [0.5, 0.6) is 0 Å². The Bertz CT molecular complexity index is 1750. The first-order valence-electron chi connectivity index (χ1n) is 15.6. The molecule has 1 saturated carbocycles. The average Bonchev–Trinajstić information content (AvgIpc) is 3.60. The number of carboxylic acids is 1. The van der Waals surface area contributed by atoms with Crippen LogP contribution in [0.2, 0.25) is 0 Å². The van der Waals surface area contributed by atoms with Gasteiger partial charge in [0.15, 0.2) is 0 Å². The van der Waals surface area contributed by atoms with Crippen LogP contribution < -0.4 is 5.32 Å². The molecule has 228 valence electrons. The van der Waals surface area contributed by atoms with Crippen LogP contribution in [0.25, 0.3) is 33.1 Å². The van der Waals surface area contributed by atoms with Crippen LogP contribution in [-0.4, -0.2) is 57.6 Å². The highest BCUT2D eigenvalue weighted by molar-refractivity contribution is 7.21. The number of aromatic nitrogens is 2. The van der Waals surface area contributed by atoms with Gasteiger partial charge in [0.05, 0.1) is 21.6 Å². The van der Waals surface area contributed by atoms with Gasteiger partial charge in [-0.2, -0.15) is 0 Å². The van der Waals surface area contributed by atoms with Gasteiger partial charge in [-0.1, -0.05) is 50.1 Å². The Labute approximate surface area is 262 Å². The zero-order valence-electron chi connectivity index (χ0n) is 25.6. The molecule has 2 fully saturated rings. The highest BCUT2D eigenvalue weighted by Gasteiger charge is 2.30. The van der Waals surface area contributed by atoms with E-state index in [0.29, 0.717) is 23.9 Å². The van der Waals surface area contributed by atoms with E-state index in [-0.39, 0.29) is 12.5 Å². The smallest absolute Gasteiger partial charge is 0.345 e. The monoisotopic (exact) mass is 608 g/mol. The quantitative estimate of drug-likeness (QED) is 0.205. The van der Waals surface area contributed by atoms with Crippen LogP contribution in [0.15, 0.2) is 55.3 Å².